The Morgan fingerprint density at radius 2 is 0.654 bits per heavy atom. The molecule has 0 saturated carbocycles. The van der Waals surface area contributed by atoms with Gasteiger partial charge >= 0.3 is 0 Å². The topological polar surface area (TPSA) is 19.4 Å². The molecule has 0 saturated heterocycles. The lowest BCUT2D eigenvalue weighted by atomic mass is 10.0. The summed E-state index contributed by atoms with van der Waals surface area (Å²) in [6.07, 6.45) is 0. The Labute approximate surface area is 319 Å². The summed E-state index contributed by atoms with van der Waals surface area (Å²) in [6.45, 7) is 23.6. The van der Waals surface area contributed by atoms with E-state index in [9.17, 15) is 0 Å². The van der Waals surface area contributed by atoms with Crippen molar-refractivity contribution < 1.29 is 0 Å². The van der Waals surface area contributed by atoms with E-state index in [-0.39, 0.29) is 5.92 Å². The standard InChI is InChI=1S/C45H70N6Si/c1-26-27(2)35(10)45(34(26)9)52(39-23-36(46(11)12)28(3)31(6)42(39)49(17)18,40-24-37(47(13)14)29(4)32(7)43(40)50(19)20)41-25-38(48(15)16)30(5)33(8)44(41)51(21)22/h23-25,34H,1-22H3. The van der Waals surface area contributed by atoms with E-state index >= 15 is 0 Å². The SMILES string of the molecule is CC1=C(C)C(C)C([Si](c2cc(N(C)C)c(C)c(C)c2N(C)C)(c2cc(N(C)C)c(C)c(C)c2N(C)C)c2cc(N(C)C)c(C)c(C)c2N(C)C)=C1C. The number of hydrogen-bond acceptors (Lipinski definition) is 6. The number of benzene rings is 3. The third-order valence-corrected chi connectivity index (χ3v) is 17.7. The van der Waals surface area contributed by atoms with Gasteiger partial charge in [-0.15, -0.1) is 0 Å². The Kier molecular flexibility index (Phi) is 11.4. The fourth-order valence-electron chi connectivity index (χ4n) is 9.48. The first-order chi connectivity index (χ1) is 24.0. The zero-order chi connectivity index (χ0) is 39.6. The second-order valence-corrected chi connectivity index (χ2v) is 20.5. The van der Waals surface area contributed by atoms with Crippen LogP contribution >= 0.6 is 0 Å². The van der Waals surface area contributed by atoms with Crippen LogP contribution in [0.1, 0.15) is 61.1 Å². The molecule has 7 heteroatoms. The van der Waals surface area contributed by atoms with Gasteiger partial charge in [-0.05, 0) is 141 Å². The van der Waals surface area contributed by atoms with E-state index < -0.39 is 8.07 Å². The van der Waals surface area contributed by atoms with E-state index in [4.69, 9.17) is 0 Å². The molecular formula is C45H70N6Si. The number of anilines is 6. The molecule has 0 N–H and O–H groups in total. The molecule has 1 aliphatic rings. The van der Waals surface area contributed by atoms with Gasteiger partial charge in [0.1, 0.15) is 0 Å². The van der Waals surface area contributed by atoms with Gasteiger partial charge in [-0.2, -0.15) is 0 Å². The van der Waals surface area contributed by atoms with Gasteiger partial charge in [-0.25, -0.2) is 0 Å². The summed E-state index contributed by atoms with van der Waals surface area (Å²) in [5, 5.41) is 5.98. The molecule has 1 atom stereocenters. The van der Waals surface area contributed by atoms with Crippen LogP contribution in [0.15, 0.2) is 40.1 Å². The maximum absolute atomic E-state index is 3.28. The average molecular weight is 723 g/mol. The number of nitrogens with zero attached hydrogens (tertiary/aromatic N) is 6. The van der Waals surface area contributed by atoms with E-state index in [1.165, 1.54) is 99.8 Å². The van der Waals surface area contributed by atoms with Crippen LogP contribution in [0.5, 0.6) is 0 Å². The molecule has 0 amide bonds. The fourth-order valence-corrected chi connectivity index (χ4v) is 16.2. The van der Waals surface area contributed by atoms with Gasteiger partial charge in [0.25, 0.3) is 0 Å². The Morgan fingerprint density at radius 3 is 0.846 bits per heavy atom. The largest absolute Gasteiger partial charge is 0.377 e. The van der Waals surface area contributed by atoms with E-state index in [0.717, 1.165) is 0 Å². The van der Waals surface area contributed by atoms with Gasteiger partial charge in [0.05, 0.1) is 0 Å². The smallest absolute Gasteiger partial charge is 0.183 e. The molecule has 0 fully saturated rings. The third kappa shape index (κ3) is 6.11. The van der Waals surface area contributed by atoms with Gasteiger partial charge in [-0.3, -0.25) is 0 Å². The first-order valence-electron chi connectivity index (χ1n) is 18.8. The molecule has 0 bridgehead atoms. The lowest BCUT2D eigenvalue weighted by Gasteiger charge is -2.46. The van der Waals surface area contributed by atoms with Crippen molar-refractivity contribution in [2.45, 2.75) is 69.2 Å². The third-order valence-electron chi connectivity index (χ3n) is 12.6. The van der Waals surface area contributed by atoms with Crippen molar-refractivity contribution in [3.8, 4) is 0 Å². The molecule has 0 heterocycles. The maximum atomic E-state index is 2.60. The van der Waals surface area contributed by atoms with Gasteiger partial charge in [-0.1, -0.05) is 23.3 Å². The monoisotopic (exact) mass is 723 g/mol. The van der Waals surface area contributed by atoms with Crippen LogP contribution in [0.2, 0.25) is 0 Å². The quantitative estimate of drug-likeness (QED) is 0.161. The van der Waals surface area contributed by atoms with Crippen LogP contribution in [-0.2, 0) is 0 Å². The molecule has 6 nitrogen and oxygen atoms in total. The zero-order valence-corrected chi connectivity index (χ0v) is 38.0. The minimum absolute atomic E-state index is 0.268. The maximum Gasteiger partial charge on any atom is 0.183 e. The van der Waals surface area contributed by atoms with Gasteiger partial charge < -0.3 is 29.4 Å². The van der Waals surface area contributed by atoms with Crippen LogP contribution in [-0.4, -0.2) is 92.6 Å². The summed E-state index contributed by atoms with van der Waals surface area (Å²) in [7, 11) is 23.5. The first kappa shape index (κ1) is 40.9. The summed E-state index contributed by atoms with van der Waals surface area (Å²) in [4.78, 5) is 14.2. The summed E-state index contributed by atoms with van der Waals surface area (Å²) in [6, 6.07) is 7.81. The van der Waals surface area contributed by atoms with Crippen molar-refractivity contribution in [3.63, 3.8) is 0 Å². The minimum Gasteiger partial charge on any atom is -0.377 e. The van der Waals surface area contributed by atoms with E-state index in [0.29, 0.717) is 0 Å². The molecule has 0 aromatic heterocycles. The lowest BCUT2D eigenvalue weighted by Crippen LogP contribution is -2.72. The predicted octanol–water partition coefficient (Wildman–Crippen LogP) is 7.25. The first-order valence-corrected chi connectivity index (χ1v) is 20.8. The second kappa shape index (κ2) is 14.5. The predicted molar refractivity (Wildman–Crippen MR) is 239 cm³/mol. The number of allylic oxidation sites excluding steroid dienone is 4. The van der Waals surface area contributed by atoms with Crippen LogP contribution in [0.25, 0.3) is 0 Å². The molecule has 284 valence electrons. The van der Waals surface area contributed by atoms with Gasteiger partial charge in [0.2, 0.25) is 0 Å². The normalized spacial score (nSPS) is 14.8. The Morgan fingerprint density at radius 1 is 0.385 bits per heavy atom. The molecule has 0 spiro atoms. The molecule has 1 unspecified atom stereocenters. The lowest BCUT2D eigenvalue weighted by molar-refractivity contribution is 0.851. The Hall–Kier alpha value is -3.84. The molecule has 0 radical (unpaired) electrons. The van der Waals surface area contributed by atoms with Crippen molar-refractivity contribution in [2.75, 3.05) is 114 Å². The van der Waals surface area contributed by atoms with E-state index in [1.807, 2.05) is 0 Å². The van der Waals surface area contributed by atoms with Crippen molar-refractivity contribution in [1.29, 1.82) is 0 Å². The zero-order valence-electron chi connectivity index (χ0n) is 37.0. The van der Waals surface area contributed by atoms with Crippen molar-refractivity contribution in [2.24, 2.45) is 5.92 Å². The molecule has 1 aliphatic carbocycles. The van der Waals surface area contributed by atoms with Gasteiger partial charge in [0.15, 0.2) is 8.07 Å². The molecule has 4 rings (SSSR count). The van der Waals surface area contributed by atoms with E-state index in [1.54, 1.807) is 5.20 Å². The fraction of sp³-hybridized carbons (Fsp3) is 0.511. The van der Waals surface area contributed by atoms with Crippen molar-refractivity contribution >= 4 is 57.8 Å². The number of hydrogen-bond donors (Lipinski definition) is 0. The highest BCUT2D eigenvalue weighted by Crippen LogP contribution is 2.46. The van der Waals surface area contributed by atoms with Crippen LogP contribution in [0.4, 0.5) is 34.1 Å². The highest BCUT2D eigenvalue weighted by molar-refractivity contribution is 7.18. The summed E-state index contributed by atoms with van der Waals surface area (Å²) < 4.78 is 0. The van der Waals surface area contributed by atoms with Gasteiger partial charge in [0, 0.05) is 119 Å². The van der Waals surface area contributed by atoms with Crippen molar-refractivity contribution in [3.05, 3.63) is 73.5 Å². The molecule has 52 heavy (non-hydrogen) atoms. The second-order valence-electron chi connectivity index (χ2n) is 16.8. The molecule has 3 aromatic rings. The highest BCUT2D eigenvalue weighted by Gasteiger charge is 2.53. The highest BCUT2D eigenvalue weighted by atomic mass is 28.3. The Balaban J connectivity index is 2.69. The molecular weight excluding hydrogens is 653 g/mol. The number of rotatable bonds is 10. The molecule has 0 aliphatic heterocycles. The van der Waals surface area contributed by atoms with Crippen molar-refractivity contribution in [1.82, 2.24) is 0 Å². The van der Waals surface area contributed by atoms with Crippen LogP contribution < -0.4 is 45.0 Å². The summed E-state index contributed by atoms with van der Waals surface area (Å²) in [5.74, 6) is 0.268. The molecule has 3 aromatic carbocycles. The van der Waals surface area contributed by atoms with E-state index in [2.05, 4.69) is 201 Å². The van der Waals surface area contributed by atoms with Crippen LogP contribution in [0, 0.1) is 47.5 Å². The van der Waals surface area contributed by atoms with Crippen LogP contribution in [0.3, 0.4) is 0 Å². The summed E-state index contributed by atoms with van der Waals surface area (Å²) >= 11 is 0. The Bertz CT molecular complexity index is 1780. The minimum atomic E-state index is -3.28. The average Bonchev–Trinajstić information content (AvgIpc) is 3.23. The summed E-state index contributed by atoms with van der Waals surface area (Å²) in [5.41, 5.74) is 20.3.